The van der Waals surface area contributed by atoms with Crippen molar-refractivity contribution >= 4 is 11.0 Å². The van der Waals surface area contributed by atoms with Crippen LogP contribution in [0.1, 0.15) is 5.56 Å². The standard InChI is InChI=1S/C15H15N3O2.H2O/c1-19-12-5-3-11(4-6-12)10-18-15-7-13(20-2)8-16-14(15)9-17-18;/h3-9H,10H2,1-2H3;1H2. The molecule has 0 aliphatic carbocycles. The summed E-state index contributed by atoms with van der Waals surface area (Å²) >= 11 is 0. The first kappa shape index (κ1) is 14.8. The van der Waals surface area contributed by atoms with Crippen LogP contribution in [0.15, 0.2) is 42.7 Å². The third kappa shape index (κ3) is 2.95. The molecule has 0 saturated carbocycles. The van der Waals surface area contributed by atoms with Crippen molar-refractivity contribution in [2.45, 2.75) is 6.54 Å². The van der Waals surface area contributed by atoms with Crippen LogP contribution in [0.2, 0.25) is 0 Å². The summed E-state index contributed by atoms with van der Waals surface area (Å²) < 4.78 is 12.4. The first-order valence-corrected chi connectivity index (χ1v) is 6.34. The van der Waals surface area contributed by atoms with Gasteiger partial charge in [0.15, 0.2) is 12.1 Å². The monoisotopic (exact) mass is 287 g/mol. The fraction of sp³-hybridized carbons (Fsp3) is 0.200. The fourth-order valence-electron chi connectivity index (χ4n) is 2.14. The quantitative estimate of drug-likeness (QED) is 0.741. The second-order valence-electron chi connectivity index (χ2n) is 4.49. The summed E-state index contributed by atoms with van der Waals surface area (Å²) in [5, 5.41) is 3.21. The molecule has 0 aliphatic rings. The Hall–Kier alpha value is -2.60. The number of benzene rings is 1. The number of nitrogens with zero attached hydrogens (tertiary/aromatic N) is 2. The number of aromatic amines is 1. The van der Waals surface area contributed by atoms with Gasteiger partial charge in [0.2, 0.25) is 0 Å². The highest BCUT2D eigenvalue weighted by atomic mass is 16.5. The van der Waals surface area contributed by atoms with Gasteiger partial charge in [-0.05, 0) is 24.3 Å². The maximum Gasteiger partial charge on any atom is 0.260 e. The van der Waals surface area contributed by atoms with Gasteiger partial charge in [-0.15, -0.1) is 4.68 Å². The molecule has 21 heavy (non-hydrogen) atoms. The zero-order chi connectivity index (χ0) is 13.9. The number of H-pyrrole nitrogens is 1. The van der Waals surface area contributed by atoms with Gasteiger partial charge in [-0.3, -0.25) is 0 Å². The first-order valence-electron chi connectivity index (χ1n) is 6.34. The lowest BCUT2D eigenvalue weighted by Gasteiger charge is -2.00. The van der Waals surface area contributed by atoms with E-state index in [1.807, 2.05) is 41.2 Å². The van der Waals surface area contributed by atoms with Gasteiger partial charge >= 0.3 is 0 Å². The zero-order valence-corrected chi connectivity index (χ0v) is 11.9. The number of fused-ring (bicyclic) bond motifs is 1. The summed E-state index contributed by atoms with van der Waals surface area (Å²) in [4.78, 5) is 4.34. The molecule has 3 aromatic rings. The Labute approximate surface area is 122 Å². The van der Waals surface area contributed by atoms with E-state index >= 15 is 0 Å². The lowest BCUT2D eigenvalue weighted by molar-refractivity contribution is -0.718. The molecule has 0 saturated heterocycles. The number of hydrogen-bond acceptors (Lipinski definition) is 4. The number of methoxy groups -OCH3 is 2. The molecule has 6 nitrogen and oxygen atoms in total. The molecule has 110 valence electrons. The van der Waals surface area contributed by atoms with Crippen molar-refractivity contribution < 1.29 is 19.6 Å². The van der Waals surface area contributed by atoms with Crippen LogP contribution in [0, 0.1) is 0 Å². The van der Waals surface area contributed by atoms with Gasteiger partial charge in [-0.25, -0.2) is 4.98 Å². The summed E-state index contributed by atoms with van der Waals surface area (Å²) in [6.45, 7) is 0.738. The smallest absolute Gasteiger partial charge is 0.260 e. The summed E-state index contributed by atoms with van der Waals surface area (Å²) in [5.41, 5.74) is 3.11. The summed E-state index contributed by atoms with van der Waals surface area (Å²) in [7, 11) is 3.31. The van der Waals surface area contributed by atoms with Crippen LogP contribution >= 0.6 is 0 Å². The lowest BCUT2D eigenvalue weighted by atomic mass is 10.2. The van der Waals surface area contributed by atoms with Crippen LogP contribution in [-0.4, -0.2) is 29.8 Å². The minimum Gasteiger partial charge on any atom is -0.870 e. The maximum absolute atomic E-state index is 5.22. The molecule has 2 aromatic heterocycles. The van der Waals surface area contributed by atoms with E-state index in [2.05, 4.69) is 10.1 Å². The van der Waals surface area contributed by atoms with Gasteiger partial charge in [-0.2, -0.15) is 5.10 Å². The Morgan fingerprint density at radius 1 is 1.10 bits per heavy atom. The van der Waals surface area contributed by atoms with E-state index in [1.165, 1.54) is 5.56 Å². The van der Waals surface area contributed by atoms with Crippen LogP contribution in [0.3, 0.4) is 0 Å². The van der Waals surface area contributed by atoms with Crippen molar-refractivity contribution in [3.63, 3.8) is 0 Å². The maximum atomic E-state index is 5.22. The zero-order valence-electron chi connectivity index (χ0n) is 11.9. The van der Waals surface area contributed by atoms with E-state index in [9.17, 15) is 0 Å². The highest BCUT2D eigenvalue weighted by Crippen LogP contribution is 2.15. The molecule has 0 atom stereocenters. The number of nitrogens with one attached hydrogen (secondary N) is 1. The molecule has 2 heterocycles. The molecule has 0 bridgehead atoms. The average Bonchev–Trinajstić information content (AvgIpc) is 2.90. The number of ether oxygens (including phenoxy) is 2. The predicted octanol–water partition coefficient (Wildman–Crippen LogP) is 1.74. The second kappa shape index (κ2) is 6.23. The molecule has 0 aliphatic heterocycles. The van der Waals surface area contributed by atoms with Gasteiger partial charge < -0.3 is 14.9 Å². The van der Waals surface area contributed by atoms with Crippen LogP contribution in [0.4, 0.5) is 0 Å². The van der Waals surface area contributed by atoms with Crippen LogP contribution < -0.4 is 14.2 Å². The number of rotatable bonds is 4. The van der Waals surface area contributed by atoms with Crippen molar-refractivity contribution in [3.8, 4) is 11.5 Å². The summed E-state index contributed by atoms with van der Waals surface area (Å²) in [6, 6.07) is 9.99. The van der Waals surface area contributed by atoms with E-state index in [0.717, 1.165) is 29.1 Å². The van der Waals surface area contributed by atoms with Crippen LogP contribution in [0.25, 0.3) is 11.0 Å². The highest BCUT2D eigenvalue weighted by molar-refractivity contribution is 5.71. The van der Waals surface area contributed by atoms with E-state index in [1.54, 1.807) is 20.4 Å². The molecule has 0 radical (unpaired) electrons. The average molecular weight is 287 g/mol. The van der Waals surface area contributed by atoms with Gasteiger partial charge in [0.25, 0.3) is 5.52 Å². The molecular formula is C15H17N3O3. The number of hydrogen-bond donors (Lipinski definition) is 1. The predicted molar refractivity (Wildman–Crippen MR) is 76.9 cm³/mol. The first-order chi connectivity index (χ1) is 9.80. The number of aromatic nitrogens is 3. The lowest BCUT2D eigenvalue weighted by Crippen LogP contribution is -2.36. The molecule has 1 aromatic carbocycles. The molecular weight excluding hydrogens is 270 g/mol. The van der Waals surface area contributed by atoms with E-state index in [-0.39, 0.29) is 5.48 Å². The van der Waals surface area contributed by atoms with Gasteiger partial charge in [0.05, 0.1) is 32.7 Å². The Kier molecular flexibility index (Phi) is 4.39. The van der Waals surface area contributed by atoms with Crippen molar-refractivity contribution in [1.29, 1.82) is 0 Å². The molecule has 0 spiro atoms. The van der Waals surface area contributed by atoms with Gasteiger partial charge in [0, 0.05) is 5.56 Å². The Bertz CT molecular complexity index is 723. The molecule has 2 N–H and O–H groups in total. The normalized spacial score (nSPS) is 10.2. The second-order valence-corrected chi connectivity index (χ2v) is 4.49. The van der Waals surface area contributed by atoms with Crippen LogP contribution in [0.5, 0.6) is 11.5 Å². The SMILES string of the molecule is COc1ccc(C[n+]2[nH]cc3ncc(OC)cc32)cc1.[OH-]. The summed E-state index contributed by atoms with van der Waals surface area (Å²) in [6.07, 6.45) is 3.60. The molecule has 3 rings (SSSR count). The van der Waals surface area contributed by atoms with Crippen LogP contribution in [-0.2, 0) is 6.54 Å². The summed E-state index contributed by atoms with van der Waals surface area (Å²) in [5.74, 6) is 1.61. The van der Waals surface area contributed by atoms with Crippen molar-refractivity contribution in [1.82, 2.24) is 10.1 Å². The van der Waals surface area contributed by atoms with E-state index < -0.39 is 0 Å². The molecule has 6 heteroatoms. The minimum atomic E-state index is 0. The Morgan fingerprint density at radius 3 is 2.48 bits per heavy atom. The Morgan fingerprint density at radius 2 is 1.81 bits per heavy atom. The highest BCUT2D eigenvalue weighted by Gasteiger charge is 2.14. The number of pyridine rings is 1. The van der Waals surface area contributed by atoms with E-state index in [4.69, 9.17) is 9.47 Å². The van der Waals surface area contributed by atoms with E-state index in [0.29, 0.717) is 0 Å². The molecule has 0 unspecified atom stereocenters. The fourth-order valence-corrected chi connectivity index (χ4v) is 2.14. The van der Waals surface area contributed by atoms with Gasteiger partial charge in [-0.1, -0.05) is 0 Å². The minimum absolute atomic E-state index is 0. The van der Waals surface area contributed by atoms with Gasteiger partial charge in [0.1, 0.15) is 11.5 Å². The topological polar surface area (TPSA) is 81.0 Å². The van der Waals surface area contributed by atoms with Crippen molar-refractivity contribution in [3.05, 3.63) is 48.3 Å². The third-order valence-corrected chi connectivity index (χ3v) is 3.26. The third-order valence-electron chi connectivity index (χ3n) is 3.26. The van der Waals surface area contributed by atoms with Crippen molar-refractivity contribution in [2.75, 3.05) is 14.2 Å². The Balaban J connectivity index is 0.00000161. The van der Waals surface area contributed by atoms with Crippen molar-refractivity contribution in [2.24, 2.45) is 0 Å². The molecule has 0 amide bonds. The largest absolute Gasteiger partial charge is 0.870 e. The molecule has 0 fully saturated rings.